The van der Waals surface area contributed by atoms with Crippen LogP contribution in [-0.2, 0) is 20.7 Å². The Morgan fingerprint density at radius 1 is 1.09 bits per heavy atom. The number of hydrogen-bond acceptors (Lipinski definition) is 8. The molecular weight excluding hydrogens is 426 g/mol. The van der Waals surface area contributed by atoms with E-state index in [1.807, 2.05) is 29.2 Å². The lowest BCUT2D eigenvalue weighted by atomic mass is 10.2. The third-order valence-corrected chi connectivity index (χ3v) is 5.54. The Bertz CT molecular complexity index is 878. The Balaban J connectivity index is 1.33. The topological polar surface area (TPSA) is 110 Å². The molecule has 0 spiro atoms. The molecule has 10 heteroatoms. The van der Waals surface area contributed by atoms with Crippen LogP contribution in [0.15, 0.2) is 28.8 Å². The van der Waals surface area contributed by atoms with Crippen LogP contribution in [0.1, 0.15) is 25.2 Å². The quantitative estimate of drug-likeness (QED) is 0.474. The average molecular weight is 460 g/mol. The average Bonchev–Trinajstić information content (AvgIpc) is 3.31. The van der Waals surface area contributed by atoms with E-state index in [0.29, 0.717) is 76.9 Å². The highest BCUT2D eigenvalue weighted by Gasteiger charge is 2.22. The number of amides is 2. The number of rotatable bonds is 12. The molecule has 0 unspecified atom stereocenters. The first-order chi connectivity index (χ1) is 16.1. The van der Waals surface area contributed by atoms with Gasteiger partial charge < -0.3 is 24.2 Å². The summed E-state index contributed by atoms with van der Waals surface area (Å²) in [5.74, 6) is 1.95. The van der Waals surface area contributed by atoms with Crippen LogP contribution < -0.4 is 10.1 Å². The van der Waals surface area contributed by atoms with Crippen molar-refractivity contribution in [2.45, 2.75) is 25.7 Å². The highest BCUT2D eigenvalue weighted by molar-refractivity contribution is 5.78. The standard InChI is InChI=1S/C23H33N5O5/c1-31-16-4-11-24-20(29)17-27-12-14-28(15-13-27)22(30)6-3-5-21-25-23(26-33-21)18-7-9-19(32-2)10-8-18/h7-10H,3-6,11-17H2,1-2H3,(H,24,29). The van der Waals surface area contributed by atoms with Crippen molar-refractivity contribution in [1.29, 1.82) is 0 Å². The number of hydrogen-bond donors (Lipinski definition) is 1. The first-order valence-corrected chi connectivity index (χ1v) is 11.3. The molecule has 1 fully saturated rings. The summed E-state index contributed by atoms with van der Waals surface area (Å²) >= 11 is 0. The van der Waals surface area contributed by atoms with Crippen molar-refractivity contribution in [3.8, 4) is 17.1 Å². The molecule has 0 atom stereocenters. The zero-order valence-electron chi connectivity index (χ0n) is 19.4. The Morgan fingerprint density at radius 3 is 2.55 bits per heavy atom. The number of nitrogens with zero attached hydrogens (tertiary/aromatic N) is 4. The third-order valence-electron chi connectivity index (χ3n) is 5.54. The van der Waals surface area contributed by atoms with E-state index >= 15 is 0 Å². The first-order valence-electron chi connectivity index (χ1n) is 11.3. The van der Waals surface area contributed by atoms with E-state index in [1.165, 1.54) is 0 Å². The second kappa shape index (κ2) is 12.9. The van der Waals surface area contributed by atoms with Gasteiger partial charge >= 0.3 is 0 Å². The van der Waals surface area contributed by atoms with E-state index in [4.69, 9.17) is 14.0 Å². The molecule has 2 aromatic rings. The minimum Gasteiger partial charge on any atom is -0.497 e. The van der Waals surface area contributed by atoms with Gasteiger partial charge in [0, 0.05) is 64.8 Å². The molecule has 0 aliphatic carbocycles. The number of aromatic nitrogens is 2. The molecule has 1 saturated heterocycles. The molecular formula is C23H33N5O5. The summed E-state index contributed by atoms with van der Waals surface area (Å²) in [6.07, 6.45) is 2.43. The Morgan fingerprint density at radius 2 is 1.85 bits per heavy atom. The molecule has 0 radical (unpaired) electrons. The molecule has 180 valence electrons. The summed E-state index contributed by atoms with van der Waals surface area (Å²) < 4.78 is 15.5. The van der Waals surface area contributed by atoms with Crippen LogP contribution in [0.25, 0.3) is 11.4 Å². The van der Waals surface area contributed by atoms with Gasteiger partial charge in [-0.15, -0.1) is 0 Å². The molecule has 1 aliphatic heterocycles. The van der Waals surface area contributed by atoms with E-state index in [-0.39, 0.29) is 11.8 Å². The van der Waals surface area contributed by atoms with E-state index in [0.717, 1.165) is 17.7 Å². The van der Waals surface area contributed by atoms with Crippen LogP contribution in [0, 0.1) is 0 Å². The van der Waals surface area contributed by atoms with Gasteiger partial charge in [-0.25, -0.2) is 0 Å². The molecule has 2 heterocycles. The lowest BCUT2D eigenvalue weighted by Crippen LogP contribution is -2.51. The van der Waals surface area contributed by atoms with Gasteiger partial charge in [0.15, 0.2) is 0 Å². The van der Waals surface area contributed by atoms with Crippen molar-refractivity contribution in [1.82, 2.24) is 25.3 Å². The molecule has 3 rings (SSSR count). The van der Waals surface area contributed by atoms with Crippen LogP contribution in [-0.4, -0.2) is 91.8 Å². The normalized spacial score (nSPS) is 14.3. The molecule has 10 nitrogen and oxygen atoms in total. The van der Waals surface area contributed by atoms with Gasteiger partial charge in [0.05, 0.1) is 13.7 Å². The fourth-order valence-corrected chi connectivity index (χ4v) is 3.62. The second-order valence-electron chi connectivity index (χ2n) is 7.95. The minimum absolute atomic E-state index is 0.0134. The van der Waals surface area contributed by atoms with Crippen molar-refractivity contribution in [2.24, 2.45) is 0 Å². The van der Waals surface area contributed by atoms with Crippen molar-refractivity contribution < 1.29 is 23.6 Å². The van der Waals surface area contributed by atoms with Crippen LogP contribution in [0.2, 0.25) is 0 Å². The van der Waals surface area contributed by atoms with Crippen molar-refractivity contribution in [3.05, 3.63) is 30.2 Å². The van der Waals surface area contributed by atoms with Crippen LogP contribution in [0.5, 0.6) is 5.75 Å². The van der Waals surface area contributed by atoms with Gasteiger partial charge in [-0.05, 0) is 37.1 Å². The predicted molar refractivity (Wildman–Crippen MR) is 122 cm³/mol. The molecule has 1 N–H and O–H groups in total. The number of methoxy groups -OCH3 is 2. The summed E-state index contributed by atoms with van der Waals surface area (Å²) in [6.45, 7) is 4.29. The maximum atomic E-state index is 12.5. The van der Waals surface area contributed by atoms with Crippen molar-refractivity contribution in [2.75, 3.05) is 60.1 Å². The monoisotopic (exact) mass is 459 g/mol. The maximum Gasteiger partial charge on any atom is 0.234 e. The number of piperazine rings is 1. The molecule has 2 amide bonds. The summed E-state index contributed by atoms with van der Waals surface area (Å²) in [6, 6.07) is 7.45. The molecule has 1 aliphatic rings. The van der Waals surface area contributed by atoms with Gasteiger partial charge in [-0.1, -0.05) is 5.16 Å². The van der Waals surface area contributed by atoms with Crippen molar-refractivity contribution >= 4 is 11.8 Å². The van der Waals surface area contributed by atoms with Gasteiger partial charge in [-0.3, -0.25) is 14.5 Å². The fraction of sp³-hybridized carbons (Fsp3) is 0.565. The Hall–Kier alpha value is -2.98. The summed E-state index contributed by atoms with van der Waals surface area (Å²) in [5.41, 5.74) is 0.850. The lowest BCUT2D eigenvalue weighted by molar-refractivity contribution is -0.133. The Kier molecular flexibility index (Phi) is 9.64. The number of carbonyl (C=O) groups excluding carboxylic acids is 2. The van der Waals surface area contributed by atoms with Crippen molar-refractivity contribution in [3.63, 3.8) is 0 Å². The van der Waals surface area contributed by atoms with Crippen LogP contribution in [0.4, 0.5) is 0 Å². The first kappa shape index (κ1) is 24.7. The molecule has 0 bridgehead atoms. The van der Waals surface area contributed by atoms with Crippen LogP contribution in [0.3, 0.4) is 0 Å². The molecule has 33 heavy (non-hydrogen) atoms. The maximum absolute atomic E-state index is 12.5. The van der Waals surface area contributed by atoms with Gasteiger partial charge in [-0.2, -0.15) is 4.98 Å². The number of carbonyl (C=O) groups is 2. The van der Waals surface area contributed by atoms with Gasteiger partial charge in [0.25, 0.3) is 0 Å². The predicted octanol–water partition coefficient (Wildman–Crippen LogP) is 1.36. The van der Waals surface area contributed by atoms with Gasteiger partial charge in [0.1, 0.15) is 5.75 Å². The summed E-state index contributed by atoms with van der Waals surface area (Å²) in [7, 11) is 3.27. The summed E-state index contributed by atoms with van der Waals surface area (Å²) in [4.78, 5) is 32.9. The van der Waals surface area contributed by atoms with E-state index < -0.39 is 0 Å². The Labute approximate surface area is 194 Å². The minimum atomic E-state index is 0.0134. The lowest BCUT2D eigenvalue weighted by Gasteiger charge is -2.34. The SMILES string of the molecule is COCCCNC(=O)CN1CCN(C(=O)CCCc2nc(-c3ccc(OC)cc3)no2)CC1. The number of aryl methyl sites for hydroxylation is 1. The number of benzene rings is 1. The zero-order chi connectivity index (χ0) is 23.5. The highest BCUT2D eigenvalue weighted by atomic mass is 16.5. The largest absolute Gasteiger partial charge is 0.497 e. The second-order valence-corrected chi connectivity index (χ2v) is 7.95. The molecule has 1 aromatic carbocycles. The van der Waals surface area contributed by atoms with Crippen LogP contribution >= 0.6 is 0 Å². The van der Waals surface area contributed by atoms with E-state index in [9.17, 15) is 9.59 Å². The fourth-order valence-electron chi connectivity index (χ4n) is 3.62. The smallest absolute Gasteiger partial charge is 0.234 e. The number of ether oxygens (including phenoxy) is 2. The van der Waals surface area contributed by atoms with E-state index in [2.05, 4.69) is 20.4 Å². The highest BCUT2D eigenvalue weighted by Crippen LogP contribution is 2.20. The summed E-state index contributed by atoms with van der Waals surface area (Å²) in [5, 5.41) is 6.92. The third kappa shape index (κ3) is 7.83. The molecule has 0 saturated carbocycles. The van der Waals surface area contributed by atoms with Gasteiger partial charge in [0.2, 0.25) is 23.5 Å². The van der Waals surface area contributed by atoms with E-state index in [1.54, 1.807) is 14.2 Å². The zero-order valence-corrected chi connectivity index (χ0v) is 19.4. The number of nitrogens with one attached hydrogen (secondary N) is 1. The molecule has 1 aromatic heterocycles.